The van der Waals surface area contributed by atoms with E-state index in [-0.39, 0.29) is 17.6 Å². The SMILES string of the molecule is C=CCn1c(SCC(=O)Nc2sc3c(c2C(=O)OC)CCC(C)C3)nnc1-c1csc2c1CCCC2. The van der Waals surface area contributed by atoms with Crippen molar-refractivity contribution >= 4 is 51.3 Å². The van der Waals surface area contributed by atoms with Crippen molar-refractivity contribution in [1.29, 1.82) is 0 Å². The number of nitrogens with one attached hydrogen (secondary N) is 1. The number of nitrogens with zero attached hydrogens (tertiary/aromatic N) is 3. The van der Waals surface area contributed by atoms with Gasteiger partial charge in [-0.1, -0.05) is 24.8 Å². The highest BCUT2D eigenvalue weighted by atomic mass is 32.2. The quantitative estimate of drug-likeness (QED) is 0.221. The molecule has 3 aromatic heterocycles. The molecule has 0 saturated heterocycles. The van der Waals surface area contributed by atoms with Crippen LogP contribution in [0.2, 0.25) is 0 Å². The van der Waals surface area contributed by atoms with Crippen LogP contribution < -0.4 is 5.32 Å². The van der Waals surface area contributed by atoms with Crippen LogP contribution in [0.15, 0.2) is 23.2 Å². The van der Waals surface area contributed by atoms with Crippen molar-refractivity contribution in [2.45, 2.75) is 63.6 Å². The second-order valence-corrected chi connectivity index (χ2v) is 12.4. The number of amides is 1. The van der Waals surface area contributed by atoms with Crippen LogP contribution in [0.1, 0.15) is 57.4 Å². The van der Waals surface area contributed by atoms with Gasteiger partial charge in [-0.3, -0.25) is 9.36 Å². The van der Waals surface area contributed by atoms with Gasteiger partial charge < -0.3 is 10.1 Å². The maximum Gasteiger partial charge on any atom is 0.341 e. The molecule has 0 saturated carbocycles. The smallest absolute Gasteiger partial charge is 0.341 e. The molecule has 1 N–H and O–H groups in total. The average Bonchev–Trinajstić information content (AvgIpc) is 3.57. The number of esters is 1. The molecule has 2 aliphatic carbocycles. The van der Waals surface area contributed by atoms with E-state index >= 15 is 0 Å². The van der Waals surface area contributed by atoms with Crippen molar-refractivity contribution in [1.82, 2.24) is 14.8 Å². The number of methoxy groups -OCH3 is 1. The fraction of sp³-hybridized carbons (Fsp3) is 0.462. The lowest BCUT2D eigenvalue weighted by Crippen LogP contribution is -2.17. The Labute approximate surface area is 223 Å². The first-order chi connectivity index (χ1) is 17.5. The zero-order valence-electron chi connectivity index (χ0n) is 20.6. The number of allylic oxidation sites excluding steroid dienone is 1. The predicted octanol–water partition coefficient (Wildman–Crippen LogP) is 5.78. The number of thiophene rings is 2. The van der Waals surface area contributed by atoms with Crippen molar-refractivity contribution < 1.29 is 14.3 Å². The second-order valence-electron chi connectivity index (χ2n) is 9.35. The van der Waals surface area contributed by atoms with Crippen molar-refractivity contribution in [2.75, 3.05) is 18.2 Å². The van der Waals surface area contributed by atoms with E-state index in [9.17, 15) is 9.59 Å². The molecule has 36 heavy (non-hydrogen) atoms. The van der Waals surface area contributed by atoms with Gasteiger partial charge in [-0.2, -0.15) is 0 Å². The maximum absolute atomic E-state index is 13.0. The summed E-state index contributed by atoms with van der Waals surface area (Å²) in [5.41, 5.74) is 4.09. The van der Waals surface area contributed by atoms with Gasteiger partial charge in [-0.05, 0) is 62.0 Å². The normalized spacial score (nSPS) is 16.8. The van der Waals surface area contributed by atoms with Gasteiger partial charge in [0.15, 0.2) is 11.0 Å². The number of fused-ring (bicyclic) bond motifs is 2. The van der Waals surface area contributed by atoms with Crippen molar-refractivity contribution in [3.05, 3.63) is 44.5 Å². The molecule has 7 nitrogen and oxygen atoms in total. The van der Waals surface area contributed by atoms with E-state index in [2.05, 4.69) is 34.4 Å². The highest BCUT2D eigenvalue weighted by molar-refractivity contribution is 7.99. The van der Waals surface area contributed by atoms with Crippen LogP contribution in [-0.4, -0.2) is 39.5 Å². The molecule has 0 radical (unpaired) electrons. The number of anilines is 1. The van der Waals surface area contributed by atoms with Gasteiger partial charge in [0.05, 0.1) is 18.4 Å². The van der Waals surface area contributed by atoms with Crippen LogP contribution in [0.4, 0.5) is 5.00 Å². The Morgan fingerprint density at radius 2 is 2.08 bits per heavy atom. The summed E-state index contributed by atoms with van der Waals surface area (Å²) in [7, 11) is 1.38. The molecule has 0 fully saturated rings. The van der Waals surface area contributed by atoms with E-state index in [4.69, 9.17) is 4.74 Å². The fourth-order valence-corrected chi connectivity index (χ4v) is 8.31. The first-order valence-corrected chi connectivity index (χ1v) is 15.0. The summed E-state index contributed by atoms with van der Waals surface area (Å²) in [6.45, 7) is 6.69. The fourth-order valence-electron chi connectivity index (χ4n) is 5.02. The van der Waals surface area contributed by atoms with Gasteiger partial charge in [0, 0.05) is 27.2 Å². The number of hydrogen-bond donors (Lipinski definition) is 1. The van der Waals surface area contributed by atoms with E-state index in [1.165, 1.54) is 58.4 Å². The molecule has 0 bridgehead atoms. The third-order valence-electron chi connectivity index (χ3n) is 6.82. The molecule has 0 spiro atoms. The minimum absolute atomic E-state index is 0.163. The Hall–Kier alpha value is -2.43. The Bertz CT molecular complexity index is 1310. The Morgan fingerprint density at radius 1 is 1.25 bits per heavy atom. The number of aryl methyl sites for hydroxylation is 1. The Morgan fingerprint density at radius 3 is 2.89 bits per heavy atom. The second kappa shape index (κ2) is 10.9. The molecular weight excluding hydrogens is 513 g/mol. The van der Waals surface area contributed by atoms with E-state index in [0.717, 1.165) is 49.1 Å². The van der Waals surface area contributed by atoms with E-state index < -0.39 is 0 Å². The summed E-state index contributed by atoms with van der Waals surface area (Å²) in [5, 5.41) is 15.4. The molecular formula is C26H30N4O3S3. The molecule has 1 amide bonds. The van der Waals surface area contributed by atoms with Gasteiger partial charge in [-0.15, -0.1) is 39.4 Å². The van der Waals surface area contributed by atoms with Crippen LogP contribution in [-0.2, 0) is 41.8 Å². The third kappa shape index (κ3) is 4.90. The summed E-state index contributed by atoms with van der Waals surface area (Å²) in [6, 6.07) is 0. The van der Waals surface area contributed by atoms with Crippen LogP contribution in [0.5, 0.6) is 0 Å². The van der Waals surface area contributed by atoms with Gasteiger partial charge in [0.25, 0.3) is 0 Å². The van der Waals surface area contributed by atoms with Crippen molar-refractivity contribution in [2.24, 2.45) is 5.92 Å². The summed E-state index contributed by atoms with van der Waals surface area (Å²) in [5.74, 6) is 1.00. The Balaban J connectivity index is 1.33. The molecule has 3 aromatic rings. The van der Waals surface area contributed by atoms with E-state index in [1.807, 2.05) is 10.6 Å². The zero-order chi connectivity index (χ0) is 25.2. The van der Waals surface area contributed by atoms with Crippen LogP contribution in [0.25, 0.3) is 11.4 Å². The minimum atomic E-state index is -0.389. The number of ether oxygens (including phenoxy) is 1. The maximum atomic E-state index is 13.0. The van der Waals surface area contributed by atoms with Gasteiger partial charge in [0.2, 0.25) is 5.91 Å². The topological polar surface area (TPSA) is 86.1 Å². The summed E-state index contributed by atoms with van der Waals surface area (Å²) < 4.78 is 7.08. The summed E-state index contributed by atoms with van der Waals surface area (Å²) >= 11 is 4.65. The molecule has 1 unspecified atom stereocenters. The number of hydrogen-bond acceptors (Lipinski definition) is 8. The molecule has 5 rings (SSSR count). The molecule has 10 heteroatoms. The van der Waals surface area contributed by atoms with Gasteiger partial charge in [0.1, 0.15) is 5.00 Å². The first kappa shape index (κ1) is 25.2. The van der Waals surface area contributed by atoms with Crippen molar-refractivity contribution in [3.63, 3.8) is 0 Å². The first-order valence-electron chi connectivity index (χ1n) is 12.3. The van der Waals surface area contributed by atoms with Crippen LogP contribution >= 0.6 is 34.4 Å². The monoisotopic (exact) mass is 542 g/mol. The lowest BCUT2D eigenvalue weighted by atomic mass is 9.88. The minimum Gasteiger partial charge on any atom is -0.465 e. The molecule has 2 aliphatic rings. The molecule has 190 valence electrons. The molecule has 1 atom stereocenters. The lowest BCUT2D eigenvalue weighted by molar-refractivity contribution is -0.113. The molecule has 0 aliphatic heterocycles. The van der Waals surface area contributed by atoms with Crippen LogP contribution in [0, 0.1) is 5.92 Å². The van der Waals surface area contributed by atoms with Crippen LogP contribution in [0.3, 0.4) is 0 Å². The number of carbonyl (C=O) groups is 2. The molecule has 3 heterocycles. The lowest BCUT2D eigenvalue weighted by Gasteiger charge is -2.18. The van der Waals surface area contributed by atoms with Gasteiger partial charge in [-0.25, -0.2) is 4.79 Å². The van der Waals surface area contributed by atoms with Crippen molar-refractivity contribution in [3.8, 4) is 11.4 Å². The number of carbonyl (C=O) groups excluding carboxylic acids is 2. The number of rotatable bonds is 8. The standard InChI is InChI=1S/C26H30N4O3S3/c1-4-11-30-23(18-13-34-19-8-6-5-7-16(18)19)28-29-26(30)35-14-21(31)27-24-22(25(32)33-3)17-10-9-15(2)12-20(17)36-24/h4,13,15H,1,5-12,14H2,2-3H3,(H,27,31). The third-order valence-corrected chi connectivity index (χ3v) is 10.0. The number of thioether (sulfide) groups is 1. The Kier molecular flexibility index (Phi) is 7.64. The average molecular weight is 543 g/mol. The summed E-state index contributed by atoms with van der Waals surface area (Å²) in [6.07, 6.45) is 9.28. The van der Waals surface area contributed by atoms with E-state index in [1.54, 1.807) is 11.3 Å². The molecule has 0 aromatic carbocycles. The zero-order valence-corrected chi connectivity index (χ0v) is 23.0. The van der Waals surface area contributed by atoms with Gasteiger partial charge >= 0.3 is 5.97 Å². The highest BCUT2D eigenvalue weighted by Gasteiger charge is 2.29. The number of aromatic nitrogens is 3. The summed E-state index contributed by atoms with van der Waals surface area (Å²) in [4.78, 5) is 28.1. The largest absolute Gasteiger partial charge is 0.465 e. The predicted molar refractivity (Wildman–Crippen MR) is 146 cm³/mol. The highest BCUT2D eigenvalue weighted by Crippen LogP contribution is 2.40. The van der Waals surface area contributed by atoms with E-state index in [0.29, 0.717) is 28.2 Å².